The lowest BCUT2D eigenvalue weighted by Gasteiger charge is -2.44. The summed E-state index contributed by atoms with van der Waals surface area (Å²) in [6.07, 6.45) is 1.32. The predicted octanol–water partition coefficient (Wildman–Crippen LogP) is 5.10. The normalized spacial score (nSPS) is 14.5. The molecule has 0 saturated carbocycles. The van der Waals surface area contributed by atoms with Crippen molar-refractivity contribution in [2.45, 2.75) is 50.5 Å². The minimum atomic E-state index is -2.69. The van der Waals surface area contributed by atoms with E-state index in [1.54, 1.807) is 0 Å². The zero-order valence-electron chi connectivity index (χ0n) is 20.7. The minimum Gasteiger partial charge on any atom is -0.405 e. The Morgan fingerprint density at radius 2 is 1.18 bits per heavy atom. The van der Waals surface area contributed by atoms with E-state index < -0.39 is 22.5 Å². The van der Waals surface area contributed by atoms with E-state index in [0.29, 0.717) is 0 Å². The second-order valence-electron chi connectivity index (χ2n) is 10.4. The maximum Gasteiger partial charge on any atom is 0.261 e. The fraction of sp³-hybridized carbons (Fsp3) is 0.310. The van der Waals surface area contributed by atoms with E-state index in [-0.39, 0.29) is 17.2 Å². The Kier molecular flexibility index (Phi) is 7.96. The molecule has 0 bridgehead atoms. The van der Waals surface area contributed by atoms with Gasteiger partial charge in [0.2, 0.25) is 0 Å². The van der Waals surface area contributed by atoms with E-state index in [9.17, 15) is 5.11 Å². The third-order valence-electron chi connectivity index (χ3n) is 6.91. The summed E-state index contributed by atoms with van der Waals surface area (Å²) < 4.78 is 7.01. The number of benzene rings is 3. The number of hydrogen-bond donors (Lipinski definition) is 1. The topological polar surface area (TPSA) is 29.5 Å². The van der Waals surface area contributed by atoms with Gasteiger partial charge in [-0.15, -0.1) is 6.58 Å². The Hall–Kier alpha value is -2.25. The van der Waals surface area contributed by atoms with Gasteiger partial charge in [0, 0.05) is 5.54 Å². The highest BCUT2D eigenvalue weighted by Gasteiger charge is 2.51. The largest absolute Gasteiger partial charge is 0.405 e. The summed E-state index contributed by atoms with van der Waals surface area (Å²) in [5, 5.41) is 15.1. The highest BCUT2D eigenvalue weighted by atomic mass is 28.4. The Bertz CT molecular complexity index is 972. The lowest BCUT2D eigenvalue weighted by atomic mass is 10.2. The maximum absolute atomic E-state index is 11.5. The van der Waals surface area contributed by atoms with E-state index in [1.165, 1.54) is 15.6 Å². The molecule has 3 aromatic rings. The van der Waals surface area contributed by atoms with Crippen LogP contribution in [0.2, 0.25) is 23.7 Å². The third kappa shape index (κ3) is 5.14. The Morgan fingerprint density at radius 1 is 0.788 bits per heavy atom. The Labute approximate surface area is 202 Å². The van der Waals surface area contributed by atoms with Crippen LogP contribution in [0, 0.1) is 0 Å². The molecule has 0 spiro atoms. The molecule has 0 amide bonds. The van der Waals surface area contributed by atoms with Crippen LogP contribution in [0.15, 0.2) is 104 Å². The van der Waals surface area contributed by atoms with Crippen LogP contribution < -0.4 is 15.6 Å². The van der Waals surface area contributed by atoms with E-state index in [0.717, 1.165) is 0 Å². The predicted molar refractivity (Wildman–Crippen MR) is 147 cm³/mol. The number of aliphatic hydroxyl groups is 1. The standard InChI is InChI=1S/C29H38O2Si2/c1-7-28(32(5,6)24-17-11-8-12-18-24)27(30)23-31-33(29(2,3)4,25-19-13-9-14-20-25)26-21-15-10-16-22-26/h7-22,27-28,30H,1,23H2,2-6H3/t27-,28+/m0/s1. The number of hydrogen-bond acceptors (Lipinski definition) is 2. The smallest absolute Gasteiger partial charge is 0.261 e. The van der Waals surface area contributed by atoms with Crippen molar-refractivity contribution in [3.8, 4) is 0 Å². The van der Waals surface area contributed by atoms with Gasteiger partial charge in [0.1, 0.15) is 0 Å². The number of aliphatic hydroxyl groups excluding tert-OH is 1. The average Bonchev–Trinajstić information content (AvgIpc) is 2.81. The molecule has 4 heteroatoms. The SMILES string of the molecule is C=C[C@H]([C@@H](O)CO[Si](c1ccccc1)(c1ccccc1)C(C)(C)C)[Si](C)(C)c1ccccc1. The molecular formula is C29H38O2Si2. The summed E-state index contributed by atoms with van der Waals surface area (Å²) >= 11 is 0. The van der Waals surface area contributed by atoms with Crippen molar-refractivity contribution in [3.63, 3.8) is 0 Å². The van der Waals surface area contributed by atoms with Gasteiger partial charge in [0.15, 0.2) is 0 Å². The molecule has 33 heavy (non-hydrogen) atoms. The molecule has 0 saturated heterocycles. The zero-order chi connectivity index (χ0) is 24.1. The molecule has 2 atom stereocenters. The molecule has 0 unspecified atom stereocenters. The molecule has 2 nitrogen and oxygen atoms in total. The van der Waals surface area contributed by atoms with Crippen molar-refractivity contribution in [1.29, 1.82) is 0 Å². The molecule has 3 rings (SSSR count). The van der Waals surface area contributed by atoms with E-state index in [2.05, 4.69) is 113 Å². The van der Waals surface area contributed by atoms with Gasteiger partial charge in [-0.1, -0.05) is 136 Å². The summed E-state index contributed by atoms with van der Waals surface area (Å²) in [6.45, 7) is 15.8. The van der Waals surface area contributed by atoms with Crippen LogP contribution in [0.25, 0.3) is 0 Å². The summed E-state index contributed by atoms with van der Waals surface area (Å²) in [6, 6.07) is 31.7. The summed E-state index contributed by atoms with van der Waals surface area (Å²) in [5.41, 5.74) is -0.0156. The van der Waals surface area contributed by atoms with E-state index in [4.69, 9.17) is 4.43 Å². The molecule has 0 aromatic heterocycles. The minimum absolute atomic E-state index is 0.0156. The first-order valence-electron chi connectivity index (χ1n) is 11.8. The van der Waals surface area contributed by atoms with Crippen LogP contribution in [-0.4, -0.2) is 34.2 Å². The highest BCUT2D eigenvalue weighted by molar-refractivity contribution is 6.99. The molecular weight excluding hydrogens is 436 g/mol. The monoisotopic (exact) mass is 474 g/mol. The summed E-state index contributed by atoms with van der Waals surface area (Å²) in [7, 11) is -4.69. The van der Waals surface area contributed by atoms with E-state index >= 15 is 0 Å². The van der Waals surface area contributed by atoms with Crippen molar-refractivity contribution < 1.29 is 9.53 Å². The molecule has 3 aromatic carbocycles. The van der Waals surface area contributed by atoms with Crippen molar-refractivity contribution in [1.82, 2.24) is 0 Å². The third-order valence-corrected chi connectivity index (χ3v) is 16.0. The van der Waals surface area contributed by atoms with Gasteiger partial charge in [0.05, 0.1) is 20.8 Å². The van der Waals surface area contributed by atoms with Crippen molar-refractivity contribution in [2.24, 2.45) is 0 Å². The maximum atomic E-state index is 11.5. The first kappa shape index (κ1) is 25.4. The van der Waals surface area contributed by atoms with Gasteiger partial charge in [0.25, 0.3) is 8.32 Å². The van der Waals surface area contributed by atoms with Gasteiger partial charge in [-0.3, -0.25) is 0 Å². The van der Waals surface area contributed by atoms with Crippen LogP contribution in [-0.2, 0) is 4.43 Å². The summed E-state index contributed by atoms with van der Waals surface area (Å²) in [5.74, 6) is 0. The molecule has 174 valence electrons. The molecule has 0 fully saturated rings. The second-order valence-corrected chi connectivity index (χ2v) is 19.4. The molecule has 0 aliphatic carbocycles. The van der Waals surface area contributed by atoms with Gasteiger partial charge >= 0.3 is 0 Å². The molecule has 0 heterocycles. The van der Waals surface area contributed by atoms with Crippen LogP contribution in [0.5, 0.6) is 0 Å². The first-order chi connectivity index (χ1) is 15.6. The van der Waals surface area contributed by atoms with Gasteiger partial charge < -0.3 is 9.53 Å². The molecule has 0 aliphatic heterocycles. The van der Waals surface area contributed by atoms with Gasteiger partial charge in [-0.05, 0) is 15.4 Å². The Balaban J connectivity index is 2.00. The quantitative estimate of drug-likeness (QED) is 0.345. The van der Waals surface area contributed by atoms with Crippen molar-refractivity contribution >= 4 is 32.0 Å². The Morgan fingerprint density at radius 3 is 1.55 bits per heavy atom. The average molecular weight is 475 g/mol. The second kappa shape index (κ2) is 10.3. The molecule has 0 radical (unpaired) electrons. The van der Waals surface area contributed by atoms with Gasteiger partial charge in [-0.25, -0.2) is 0 Å². The lowest BCUT2D eigenvalue weighted by Crippen LogP contribution is -2.67. The number of rotatable bonds is 9. The molecule has 0 aliphatic rings. The van der Waals surface area contributed by atoms with Crippen molar-refractivity contribution in [2.75, 3.05) is 6.61 Å². The van der Waals surface area contributed by atoms with Crippen LogP contribution in [0.3, 0.4) is 0 Å². The van der Waals surface area contributed by atoms with Crippen LogP contribution in [0.4, 0.5) is 0 Å². The lowest BCUT2D eigenvalue weighted by molar-refractivity contribution is 0.103. The zero-order valence-corrected chi connectivity index (χ0v) is 22.7. The van der Waals surface area contributed by atoms with Gasteiger partial charge in [-0.2, -0.15) is 0 Å². The van der Waals surface area contributed by atoms with Crippen LogP contribution >= 0.6 is 0 Å². The van der Waals surface area contributed by atoms with Crippen molar-refractivity contribution in [3.05, 3.63) is 104 Å². The fourth-order valence-corrected chi connectivity index (χ4v) is 12.7. The summed E-state index contributed by atoms with van der Waals surface area (Å²) in [4.78, 5) is 0. The molecule has 1 N–H and O–H groups in total. The fourth-order valence-electron chi connectivity index (χ4n) is 5.07. The van der Waals surface area contributed by atoms with Crippen LogP contribution in [0.1, 0.15) is 20.8 Å². The van der Waals surface area contributed by atoms with E-state index in [1.807, 2.05) is 24.3 Å². The highest BCUT2D eigenvalue weighted by Crippen LogP contribution is 2.37. The first-order valence-corrected chi connectivity index (χ1v) is 16.7.